The molecule has 2 heterocycles. The molecule has 11 nitrogen and oxygen atoms in total. The van der Waals surface area contributed by atoms with Crippen LogP contribution in [0.5, 0.6) is 17.2 Å². The Balaban J connectivity index is 1.48. The highest BCUT2D eigenvalue weighted by molar-refractivity contribution is 6.01. The fourth-order valence-electron chi connectivity index (χ4n) is 3.95. The van der Waals surface area contributed by atoms with Gasteiger partial charge in [-0.15, -0.1) is 0 Å². The molecule has 1 amide bonds. The molecule has 4 aromatic rings. The third-order valence-corrected chi connectivity index (χ3v) is 5.63. The zero-order valence-corrected chi connectivity index (χ0v) is 18.2. The summed E-state index contributed by atoms with van der Waals surface area (Å²) in [5.41, 5.74) is 9.52. The topological polar surface area (TPSA) is 189 Å². The summed E-state index contributed by atoms with van der Waals surface area (Å²) >= 11 is 0. The molecular weight excluding hydrogens is 452 g/mol. The molecule has 1 atom stereocenters. The number of benzene rings is 3. The quantitative estimate of drug-likeness (QED) is 0.0709. The summed E-state index contributed by atoms with van der Waals surface area (Å²) in [4.78, 5) is 24.3. The first-order chi connectivity index (χ1) is 16.9. The van der Waals surface area contributed by atoms with Gasteiger partial charge in [0.05, 0.1) is 10.8 Å². The molecule has 0 spiro atoms. The summed E-state index contributed by atoms with van der Waals surface area (Å²) in [5, 5.41) is 25.6. The van der Waals surface area contributed by atoms with Crippen LogP contribution in [0.25, 0.3) is 22.0 Å². The zero-order valence-electron chi connectivity index (χ0n) is 18.2. The van der Waals surface area contributed by atoms with E-state index < -0.39 is 17.8 Å². The Hall–Kier alpha value is -4.74. The Morgan fingerprint density at radius 3 is 2.80 bits per heavy atom. The van der Waals surface area contributed by atoms with E-state index in [0.717, 1.165) is 5.56 Å². The molecule has 0 fully saturated rings. The van der Waals surface area contributed by atoms with Crippen molar-refractivity contribution in [2.75, 3.05) is 0 Å². The molecule has 11 heteroatoms. The summed E-state index contributed by atoms with van der Waals surface area (Å²) in [6.45, 7) is 0.102. The van der Waals surface area contributed by atoms with Crippen LogP contribution >= 0.6 is 0 Å². The summed E-state index contributed by atoms with van der Waals surface area (Å²) < 4.78 is 11.9. The van der Waals surface area contributed by atoms with Gasteiger partial charge in [-0.3, -0.25) is 20.4 Å². The molecule has 5 rings (SSSR count). The van der Waals surface area contributed by atoms with Gasteiger partial charge in [-0.25, -0.2) is 10.9 Å². The van der Waals surface area contributed by atoms with Gasteiger partial charge in [-0.1, -0.05) is 12.1 Å². The SMILES string of the molecule is N=C(N)C(O)c1cc(OCc2ccc3c(c2)-c2n[nH]c(=O)c4cccc(c24)O3)cc(C(=O)NN)c1. The number of aliphatic hydroxyl groups excluding tert-OH is 1. The second-order valence-corrected chi connectivity index (χ2v) is 7.92. The molecule has 35 heavy (non-hydrogen) atoms. The second-order valence-electron chi connectivity index (χ2n) is 7.92. The lowest BCUT2D eigenvalue weighted by atomic mass is 9.99. The number of aliphatic hydroxyl groups is 1. The Kier molecular flexibility index (Phi) is 5.40. The van der Waals surface area contributed by atoms with Gasteiger partial charge in [0, 0.05) is 11.1 Å². The molecule has 0 aliphatic carbocycles. The molecule has 3 aromatic carbocycles. The van der Waals surface area contributed by atoms with E-state index in [9.17, 15) is 14.7 Å². The van der Waals surface area contributed by atoms with Crippen molar-refractivity contribution in [1.29, 1.82) is 5.41 Å². The number of carbonyl (C=O) groups excluding carboxylic acids is 1. The number of nitrogen functional groups attached to an aromatic ring is 1. The Morgan fingerprint density at radius 2 is 2.03 bits per heavy atom. The number of hydrazine groups is 1. The average Bonchev–Trinajstić information content (AvgIpc) is 2.87. The van der Waals surface area contributed by atoms with Gasteiger partial charge in [0.1, 0.15) is 41.5 Å². The van der Waals surface area contributed by atoms with Crippen molar-refractivity contribution in [2.24, 2.45) is 11.6 Å². The van der Waals surface area contributed by atoms with E-state index in [1.807, 2.05) is 17.6 Å². The molecule has 0 radical (unpaired) electrons. The third kappa shape index (κ3) is 3.94. The van der Waals surface area contributed by atoms with Crippen molar-refractivity contribution in [3.63, 3.8) is 0 Å². The number of nitrogens with zero attached hydrogens (tertiary/aromatic N) is 1. The van der Waals surface area contributed by atoms with Gasteiger partial charge in [0.15, 0.2) is 0 Å². The Bertz CT molecular complexity index is 1560. The number of hydrogen-bond donors (Lipinski definition) is 6. The molecule has 1 aliphatic heterocycles. The van der Waals surface area contributed by atoms with Crippen LogP contribution in [0.15, 0.2) is 59.4 Å². The molecule has 176 valence electrons. The second kappa shape index (κ2) is 8.56. The molecule has 8 N–H and O–H groups in total. The highest BCUT2D eigenvalue weighted by Gasteiger charge is 2.23. The van der Waals surface area contributed by atoms with Crippen molar-refractivity contribution in [1.82, 2.24) is 15.6 Å². The van der Waals surface area contributed by atoms with Gasteiger partial charge in [-0.2, -0.15) is 5.10 Å². The molecule has 1 unspecified atom stereocenters. The minimum atomic E-state index is -1.41. The Labute approximate surface area is 197 Å². The van der Waals surface area contributed by atoms with Gasteiger partial charge in [-0.05, 0) is 53.6 Å². The monoisotopic (exact) mass is 472 g/mol. The number of aromatic amines is 1. The zero-order chi connectivity index (χ0) is 24.7. The van der Waals surface area contributed by atoms with Gasteiger partial charge < -0.3 is 20.3 Å². The maximum atomic E-state index is 12.2. The molecule has 1 aliphatic rings. The first-order valence-electron chi connectivity index (χ1n) is 10.5. The number of H-pyrrole nitrogens is 1. The first-order valence-corrected chi connectivity index (χ1v) is 10.5. The van der Waals surface area contributed by atoms with E-state index >= 15 is 0 Å². The molecule has 0 saturated carbocycles. The number of ether oxygens (including phenoxy) is 2. The number of amides is 1. The van der Waals surface area contributed by atoms with Crippen LogP contribution in [-0.2, 0) is 6.61 Å². The predicted molar refractivity (Wildman–Crippen MR) is 127 cm³/mol. The van der Waals surface area contributed by atoms with E-state index in [4.69, 9.17) is 26.5 Å². The minimum absolute atomic E-state index is 0.102. The number of hydrogen-bond acceptors (Lipinski definition) is 8. The highest BCUT2D eigenvalue weighted by atomic mass is 16.5. The van der Waals surface area contributed by atoms with Crippen LogP contribution < -0.4 is 32.0 Å². The molecule has 0 bridgehead atoms. The lowest BCUT2D eigenvalue weighted by Crippen LogP contribution is -2.30. The minimum Gasteiger partial charge on any atom is -0.489 e. The molecule has 0 saturated heterocycles. The number of nitrogens with one attached hydrogen (secondary N) is 3. The fraction of sp³-hybridized carbons (Fsp3) is 0.0833. The number of rotatable bonds is 6. The molecular formula is C24H20N6O5. The summed E-state index contributed by atoms with van der Waals surface area (Å²) in [6, 6.07) is 15.0. The van der Waals surface area contributed by atoms with Crippen LogP contribution in [-0.4, -0.2) is 27.0 Å². The standard InChI is InChI=1S/C24H20N6O5/c25-22(26)21(31)12-7-13(23(32)28-27)9-14(8-12)34-10-11-4-5-17-16(6-11)20-19-15(24(33)30-29-20)2-1-3-18(19)35-17/h1-9,21,31H,10,27H2,(H3,25,26)(H,28,32)(H,30,33). The lowest BCUT2D eigenvalue weighted by Gasteiger charge is -2.20. The van der Waals surface area contributed by atoms with E-state index in [0.29, 0.717) is 33.5 Å². The number of fused-ring (bicyclic) bond motifs is 2. The van der Waals surface area contributed by atoms with Crippen molar-refractivity contribution < 1.29 is 19.4 Å². The van der Waals surface area contributed by atoms with E-state index in [1.54, 1.807) is 24.3 Å². The van der Waals surface area contributed by atoms with Crippen molar-refractivity contribution in [3.05, 3.63) is 81.6 Å². The molecule has 1 aromatic heterocycles. The van der Waals surface area contributed by atoms with E-state index in [-0.39, 0.29) is 29.0 Å². The highest BCUT2D eigenvalue weighted by Crippen LogP contribution is 2.44. The van der Waals surface area contributed by atoms with Crippen LogP contribution in [0.2, 0.25) is 0 Å². The third-order valence-electron chi connectivity index (χ3n) is 5.63. The summed E-state index contributed by atoms with van der Waals surface area (Å²) in [5.74, 6) is 5.58. The van der Waals surface area contributed by atoms with Crippen molar-refractivity contribution in [2.45, 2.75) is 12.7 Å². The summed E-state index contributed by atoms with van der Waals surface area (Å²) in [6.07, 6.45) is -1.41. The van der Waals surface area contributed by atoms with Crippen LogP contribution in [0.3, 0.4) is 0 Å². The largest absolute Gasteiger partial charge is 0.489 e. The van der Waals surface area contributed by atoms with Gasteiger partial charge in [0.2, 0.25) is 0 Å². The van der Waals surface area contributed by atoms with Crippen LogP contribution in [0.4, 0.5) is 0 Å². The maximum Gasteiger partial charge on any atom is 0.272 e. The van der Waals surface area contributed by atoms with Gasteiger partial charge >= 0.3 is 0 Å². The normalized spacial score (nSPS) is 12.4. The average molecular weight is 472 g/mol. The van der Waals surface area contributed by atoms with Crippen molar-refractivity contribution >= 4 is 22.5 Å². The maximum absolute atomic E-state index is 12.2. The number of aromatic nitrogens is 2. The van der Waals surface area contributed by atoms with E-state index in [2.05, 4.69) is 10.2 Å². The van der Waals surface area contributed by atoms with Crippen molar-refractivity contribution in [3.8, 4) is 28.5 Å². The van der Waals surface area contributed by atoms with Crippen LogP contribution in [0.1, 0.15) is 27.6 Å². The van der Waals surface area contributed by atoms with Crippen LogP contribution in [0, 0.1) is 5.41 Å². The lowest BCUT2D eigenvalue weighted by molar-refractivity contribution is 0.0953. The first kappa shape index (κ1) is 22.1. The number of amidine groups is 1. The predicted octanol–water partition coefficient (Wildman–Crippen LogP) is 1.85. The van der Waals surface area contributed by atoms with Gasteiger partial charge in [0.25, 0.3) is 11.5 Å². The summed E-state index contributed by atoms with van der Waals surface area (Å²) in [7, 11) is 0. The number of carbonyl (C=O) groups is 1. The smallest absolute Gasteiger partial charge is 0.272 e. The number of nitrogens with two attached hydrogens (primary N) is 2. The Morgan fingerprint density at radius 1 is 1.20 bits per heavy atom. The fourth-order valence-corrected chi connectivity index (χ4v) is 3.95. The van der Waals surface area contributed by atoms with E-state index in [1.165, 1.54) is 18.2 Å².